The van der Waals surface area contributed by atoms with E-state index in [1.807, 2.05) is 23.9 Å². The molecule has 1 rings (SSSR count). The Kier molecular flexibility index (Phi) is 4.49. The topological polar surface area (TPSA) is 20.2 Å². The van der Waals surface area contributed by atoms with Crippen LogP contribution >= 0.6 is 11.8 Å². The first kappa shape index (κ1) is 11.6. The highest BCUT2D eigenvalue weighted by molar-refractivity contribution is 7.99. The molecule has 0 amide bonds. The van der Waals surface area contributed by atoms with Gasteiger partial charge in [0.05, 0.1) is 6.10 Å². The van der Waals surface area contributed by atoms with E-state index < -0.39 is 0 Å². The molecule has 0 aliphatic carbocycles. The molecule has 0 aliphatic heterocycles. The van der Waals surface area contributed by atoms with Gasteiger partial charge in [-0.3, -0.25) is 0 Å². The molecule has 0 heterocycles. The monoisotopic (exact) mass is 210 g/mol. The van der Waals surface area contributed by atoms with Gasteiger partial charge in [0.1, 0.15) is 0 Å². The van der Waals surface area contributed by atoms with Crippen LogP contribution in [0.1, 0.15) is 38.9 Å². The number of hydrogen-bond acceptors (Lipinski definition) is 2. The number of rotatable bonds is 4. The van der Waals surface area contributed by atoms with E-state index in [1.54, 1.807) is 6.92 Å². The first-order valence-corrected chi connectivity index (χ1v) is 5.96. The second-order valence-electron chi connectivity index (χ2n) is 3.58. The summed E-state index contributed by atoms with van der Waals surface area (Å²) in [4.78, 5) is 1.28. The Balaban J connectivity index is 2.64. The van der Waals surface area contributed by atoms with Crippen molar-refractivity contribution in [3.05, 3.63) is 29.8 Å². The second-order valence-corrected chi connectivity index (χ2v) is 5.09. The number of aliphatic hydroxyl groups excluding tert-OH is 1. The van der Waals surface area contributed by atoms with Crippen LogP contribution < -0.4 is 0 Å². The molecule has 1 aromatic carbocycles. The molecule has 0 radical (unpaired) electrons. The minimum Gasteiger partial charge on any atom is -0.389 e. The summed E-state index contributed by atoms with van der Waals surface area (Å²) in [6.45, 7) is 6.21. The van der Waals surface area contributed by atoms with Gasteiger partial charge in [0.25, 0.3) is 0 Å². The summed E-state index contributed by atoms with van der Waals surface area (Å²) in [5.41, 5.74) is 0.985. The van der Waals surface area contributed by atoms with Crippen molar-refractivity contribution in [2.45, 2.75) is 43.4 Å². The van der Waals surface area contributed by atoms with Crippen LogP contribution in [0.3, 0.4) is 0 Å². The van der Waals surface area contributed by atoms with Gasteiger partial charge < -0.3 is 5.11 Å². The van der Waals surface area contributed by atoms with Gasteiger partial charge in [0, 0.05) is 10.1 Å². The maximum Gasteiger partial charge on any atom is 0.0761 e. The highest BCUT2D eigenvalue weighted by atomic mass is 32.2. The zero-order chi connectivity index (χ0) is 10.6. The molecule has 2 atom stereocenters. The molecule has 14 heavy (non-hydrogen) atoms. The predicted octanol–water partition coefficient (Wildman–Crippen LogP) is 3.63. The fourth-order valence-electron chi connectivity index (χ4n) is 1.14. The summed E-state index contributed by atoms with van der Waals surface area (Å²) >= 11 is 1.88. The molecule has 0 fully saturated rings. The minimum atomic E-state index is -0.363. The van der Waals surface area contributed by atoms with E-state index in [2.05, 4.69) is 26.0 Å². The van der Waals surface area contributed by atoms with E-state index >= 15 is 0 Å². The maximum atomic E-state index is 9.34. The van der Waals surface area contributed by atoms with E-state index in [1.165, 1.54) is 11.3 Å². The minimum absolute atomic E-state index is 0.363. The molecule has 1 N–H and O–H groups in total. The Morgan fingerprint density at radius 1 is 1.21 bits per heavy atom. The van der Waals surface area contributed by atoms with Crippen molar-refractivity contribution in [1.29, 1.82) is 0 Å². The molecule has 0 aromatic heterocycles. The molecular formula is C12H18OS. The summed E-state index contributed by atoms with van der Waals surface area (Å²) < 4.78 is 0. The van der Waals surface area contributed by atoms with Gasteiger partial charge in [0.15, 0.2) is 0 Å². The van der Waals surface area contributed by atoms with Gasteiger partial charge in [-0.15, -0.1) is 11.8 Å². The summed E-state index contributed by atoms with van der Waals surface area (Å²) in [5, 5.41) is 10.00. The number of thioether (sulfide) groups is 1. The zero-order valence-electron chi connectivity index (χ0n) is 9.03. The first-order chi connectivity index (χ1) is 6.63. The van der Waals surface area contributed by atoms with Crippen LogP contribution in [0.15, 0.2) is 29.2 Å². The molecule has 0 spiro atoms. The lowest BCUT2D eigenvalue weighted by atomic mass is 10.1. The van der Waals surface area contributed by atoms with Crippen molar-refractivity contribution < 1.29 is 5.11 Å². The lowest BCUT2D eigenvalue weighted by Gasteiger charge is -2.09. The normalized spacial score (nSPS) is 15.1. The van der Waals surface area contributed by atoms with Crippen LogP contribution in [0.5, 0.6) is 0 Å². The van der Waals surface area contributed by atoms with Crippen LogP contribution in [-0.4, -0.2) is 10.4 Å². The maximum absolute atomic E-state index is 9.34. The average molecular weight is 210 g/mol. The molecule has 0 saturated heterocycles. The lowest BCUT2D eigenvalue weighted by Crippen LogP contribution is -1.93. The number of aliphatic hydroxyl groups is 1. The lowest BCUT2D eigenvalue weighted by molar-refractivity contribution is 0.199. The molecule has 2 heteroatoms. The summed E-state index contributed by atoms with van der Waals surface area (Å²) in [6.07, 6.45) is 0.820. The van der Waals surface area contributed by atoms with Crippen LogP contribution in [0.2, 0.25) is 0 Å². The smallest absolute Gasteiger partial charge is 0.0761 e. The largest absolute Gasteiger partial charge is 0.389 e. The SMILES string of the molecule is CCC(C)Sc1ccc(C(C)O)cc1. The van der Waals surface area contributed by atoms with Crippen LogP contribution in [0, 0.1) is 0 Å². The van der Waals surface area contributed by atoms with Crippen molar-refractivity contribution in [2.75, 3.05) is 0 Å². The Labute approximate surface area is 90.5 Å². The van der Waals surface area contributed by atoms with E-state index in [9.17, 15) is 5.11 Å². The Bertz CT molecular complexity index is 266. The molecular weight excluding hydrogens is 192 g/mol. The van der Waals surface area contributed by atoms with Crippen molar-refractivity contribution in [3.63, 3.8) is 0 Å². The third kappa shape index (κ3) is 3.35. The number of benzene rings is 1. The van der Waals surface area contributed by atoms with Gasteiger partial charge in [0.2, 0.25) is 0 Å². The first-order valence-electron chi connectivity index (χ1n) is 5.08. The van der Waals surface area contributed by atoms with E-state index in [-0.39, 0.29) is 6.10 Å². The molecule has 0 bridgehead atoms. The molecule has 1 aromatic rings. The van der Waals surface area contributed by atoms with Gasteiger partial charge in [-0.1, -0.05) is 26.0 Å². The Morgan fingerprint density at radius 2 is 1.79 bits per heavy atom. The Morgan fingerprint density at radius 3 is 2.21 bits per heavy atom. The van der Waals surface area contributed by atoms with Crippen LogP contribution in [0.25, 0.3) is 0 Å². The van der Waals surface area contributed by atoms with Crippen molar-refractivity contribution in [2.24, 2.45) is 0 Å². The van der Waals surface area contributed by atoms with E-state index in [4.69, 9.17) is 0 Å². The zero-order valence-corrected chi connectivity index (χ0v) is 9.84. The van der Waals surface area contributed by atoms with Crippen LogP contribution in [0.4, 0.5) is 0 Å². The number of hydrogen-bond donors (Lipinski definition) is 1. The fraction of sp³-hybridized carbons (Fsp3) is 0.500. The summed E-state index contributed by atoms with van der Waals surface area (Å²) in [5.74, 6) is 0. The predicted molar refractivity (Wildman–Crippen MR) is 62.7 cm³/mol. The Hall–Kier alpha value is -0.470. The van der Waals surface area contributed by atoms with E-state index in [0.717, 1.165) is 5.56 Å². The molecule has 2 unspecified atom stereocenters. The van der Waals surface area contributed by atoms with Crippen molar-refractivity contribution in [1.82, 2.24) is 0 Å². The average Bonchev–Trinajstić information content (AvgIpc) is 2.18. The standard InChI is InChI=1S/C12H18OS/c1-4-9(2)14-12-7-5-11(6-8-12)10(3)13/h5-10,13H,4H2,1-3H3. The quantitative estimate of drug-likeness (QED) is 0.766. The molecule has 0 saturated carbocycles. The second kappa shape index (κ2) is 5.42. The van der Waals surface area contributed by atoms with Gasteiger partial charge in [-0.05, 0) is 31.0 Å². The molecule has 1 nitrogen and oxygen atoms in total. The van der Waals surface area contributed by atoms with Gasteiger partial charge in [-0.25, -0.2) is 0 Å². The third-order valence-corrected chi connectivity index (χ3v) is 3.55. The van der Waals surface area contributed by atoms with Crippen molar-refractivity contribution in [3.8, 4) is 0 Å². The van der Waals surface area contributed by atoms with E-state index in [0.29, 0.717) is 5.25 Å². The molecule has 0 aliphatic rings. The van der Waals surface area contributed by atoms with Gasteiger partial charge in [-0.2, -0.15) is 0 Å². The van der Waals surface area contributed by atoms with Crippen LogP contribution in [-0.2, 0) is 0 Å². The summed E-state index contributed by atoms with van der Waals surface area (Å²) in [6, 6.07) is 8.16. The fourth-order valence-corrected chi connectivity index (χ4v) is 2.07. The summed E-state index contributed by atoms with van der Waals surface area (Å²) in [7, 11) is 0. The van der Waals surface area contributed by atoms with Crippen molar-refractivity contribution >= 4 is 11.8 Å². The van der Waals surface area contributed by atoms with Gasteiger partial charge >= 0.3 is 0 Å². The highest BCUT2D eigenvalue weighted by Crippen LogP contribution is 2.26. The highest BCUT2D eigenvalue weighted by Gasteiger charge is 2.03. The molecule has 78 valence electrons. The third-order valence-electron chi connectivity index (χ3n) is 2.27.